The molecule has 28 heavy (non-hydrogen) atoms. The lowest BCUT2D eigenvalue weighted by atomic mass is 9.67. The molecule has 5 nitrogen and oxygen atoms in total. The monoisotopic (exact) mass is 386 g/mol. The molecule has 1 aromatic rings. The normalized spacial score (nSPS) is 23.7. The van der Waals surface area contributed by atoms with Gasteiger partial charge in [0.05, 0.1) is 5.56 Å². The van der Waals surface area contributed by atoms with E-state index in [4.69, 9.17) is 4.74 Å². The van der Waals surface area contributed by atoms with Crippen molar-refractivity contribution in [3.05, 3.63) is 28.3 Å². The van der Waals surface area contributed by atoms with Crippen LogP contribution in [-0.2, 0) is 6.42 Å². The minimum absolute atomic E-state index is 0.0490. The summed E-state index contributed by atoms with van der Waals surface area (Å²) in [5.74, 6) is -0.411. The summed E-state index contributed by atoms with van der Waals surface area (Å²) in [7, 11) is 0. The van der Waals surface area contributed by atoms with Gasteiger partial charge in [0.1, 0.15) is 28.9 Å². The van der Waals surface area contributed by atoms with Crippen molar-refractivity contribution in [2.24, 2.45) is 17.3 Å². The number of carbonyl (C=O) groups is 2. The van der Waals surface area contributed by atoms with Crippen molar-refractivity contribution in [2.75, 3.05) is 0 Å². The van der Waals surface area contributed by atoms with Crippen molar-refractivity contribution in [3.63, 3.8) is 0 Å². The summed E-state index contributed by atoms with van der Waals surface area (Å²) in [6.07, 6.45) is 4.93. The Hall–Kier alpha value is -2.30. The molecular formula is C23H30O5. The summed E-state index contributed by atoms with van der Waals surface area (Å²) in [6.45, 7) is 10.2. The number of allylic oxidation sites excluding steroid dienone is 1. The lowest BCUT2D eigenvalue weighted by Crippen LogP contribution is -2.44. The zero-order valence-corrected chi connectivity index (χ0v) is 17.3. The van der Waals surface area contributed by atoms with Crippen molar-refractivity contribution in [3.8, 4) is 17.2 Å². The molecule has 0 spiro atoms. The van der Waals surface area contributed by atoms with Gasteiger partial charge in [-0.25, -0.2) is 0 Å². The van der Waals surface area contributed by atoms with E-state index in [0.717, 1.165) is 12.8 Å². The standard InChI is InChI=1S/C23H30O5/c1-12(2)8-17(25)19-20(26)15-10-23(5)7-6-14(13(3)4)9-18(23)28-22(15)16(11-24)21(19)27/h9,11-13,18,26-27H,6-8,10H2,1-5H3/t18-,23-/m1/s1. The average molecular weight is 386 g/mol. The van der Waals surface area contributed by atoms with Gasteiger partial charge in [-0.05, 0) is 37.2 Å². The van der Waals surface area contributed by atoms with Crippen LogP contribution in [0.3, 0.4) is 0 Å². The predicted octanol–water partition coefficient (Wildman–Crippen LogP) is 4.83. The molecule has 0 amide bonds. The van der Waals surface area contributed by atoms with E-state index < -0.39 is 5.75 Å². The summed E-state index contributed by atoms with van der Waals surface area (Å²) in [4.78, 5) is 24.4. The molecule has 1 aromatic carbocycles. The Bertz CT molecular complexity index is 849. The topological polar surface area (TPSA) is 83.8 Å². The quantitative estimate of drug-likeness (QED) is 0.430. The van der Waals surface area contributed by atoms with Crippen LogP contribution in [0.15, 0.2) is 11.6 Å². The van der Waals surface area contributed by atoms with E-state index in [2.05, 4.69) is 26.8 Å². The van der Waals surface area contributed by atoms with Crippen LogP contribution < -0.4 is 4.74 Å². The zero-order chi connectivity index (χ0) is 20.8. The van der Waals surface area contributed by atoms with Crippen molar-refractivity contribution >= 4 is 12.1 Å². The number of benzene rings is 1. The fourth-order valence-electron chi connectivity index (χ4n) is 4.35. The summed E-state index contributed by atoms with van der Waals surface area (Å²) in [5, 5.41) is 21.5. The van der Waals surface area contributed by atoms with Crippen molar-refractivity contribution in [2.45, 2.75) is 66.4 Å². The van der Waals surface area contributed by atoms with Gasteiger partial charge in [0.15, 0.2) is 12.1 Å². The molecule has 2 N–H and O–H groups in total. The molecule has 1 aliphatic heterocycles. The van der Waals surface area contributed by atoms with Crippen LogP contribution >= 0.6 is 0 Å². The number of rotatable bonds is 5. The SMILES string of the molecule is CC(C)CC(=O)c1c(O)c(C=O)c2c(c1O)C[C@@]1(C)CCC(C(C)C)=C[C@H]1O2. The first-order valence-corrected chi connectivity index (χ1v) is 10.1. The first kappa shape index (κ1) is 20.4. The summed E-state index contributed by atoms with van der Waals surface area (Å²) in [5.41, 5.74) is 1.32. The Morgan fingerprint density at radius 3 is 2.54 bits per heavy atom. The first-order chi connectivity index (χ1) is 13.1. The van der Waals surface area contributed by atoms with E-state index in [9.17, 15) is 19.8 Å². The van der Waals surface area contributed by atoms with Crippen LogP contribution in [0.5, 0.6) is 17.2 Å². The van der Waals surface area contributed by atoms with Crippen LogP contribution in [0, 0.1) is 17.3 Å². The number of aldehydes is 1. The Kier molecular flexibility index (Phi) is 5.30. The van der Waals surface area contributed by atoms with E-state index in [1.165, 1.54) is 5.57 Å². The molecule has 2 atom stereocenters. The number of fused-ring (bicyclic) bond motifs is 2. The fourth-order valence-corrected chi connectivity index (χ4v) is 4.35. The van der Waals surface area contributed by atoms with Crippen molar-refractivity contribution in [1.82, 2.24) is 0 Å². The molecule has 0 bridgehead atoms. The molecule has 0 aromatic heterocycles. The number of ketones is 1. The molecule has 152 valence electrons. The zero-order valence-electron chi connectivity index (χ0n) is 17.3. The van der Waals surface area contributed by atoms with E-state index in [1.807, 2.05) is 13.8 Å². The van der Waals surface area contributed by atoms with E-state index in [-0.39, 0.29) is 52.3 Å². The number of carbonyl (C=O) groups excluding carboxylic acids is 2. The maximum atomic E-state index is 12.6. The average Bonchev–Trinajstić information content (AvgIpc) is 2.59. The third kappa shape index (κ3) is 3.31. The molecule has 5 heteroatoms. The highest BCUT2D eigenvalue weighted by molar-refractivity contribution is 6.05. The third-order valence-corrected chi connectivity index (χ3v) is 6.13. The van der Waals surface area contributed by atoms with Gasteiger partial charge in [-0.2, -0.15) is 0 Å². The fraction of sp³-hybridized carbons (Fsp3) is 0.565. The van der Waals surface area contributed by atoms with Crippen LogP contribution in [0.1, 0.15) is 80.2 Å². The number of hydrogen-bond acceptors (Lipinski definition) is 5. The van der Waals surface area contributed by atoms with Gasteiger partial charge in [-0.15, -0.1) is 0 Å². The van der Waals surface area contributed by atoms with E-state index in [1.54, 1.807) is 0 Å². The van der Waals surface area contributed by atoms with Gasteiger partial charge in [0, 0.05) is 17.4 Å². The second-order valence-electron chi connectivity index (χ2n) is 9.20. The molecule has 3 rings (SSSR count). The largest absolute Gasteiger partial charge is 0.507 e. The Balaban J connectivity index is 2.14. The predicted molar refractivity (Wildman–Crippen MR) is 107 cm³/mol. The second kappa shape index (κ2) is 7.26. The lowest BCUT2D eigenvalue weighted by molar-refractivity contribution is 0.0562. The number of Topliss-reactive ketones (excluding diaryl/α,β-unsaturated/α-hetero) is 1. The highest BCUT2D eigenvalue weighted by Crippen LogP contribution is 2.53. The number of phenols is 2. The number of phenolic OH excluding ortho intramolecular Hbond substituents is 2. The number of hydrogen-bond donors (Lipinski definition) is 2. The van der Waals surface area contributed by atoms with E-state index in [0.29, 0.717) is 24.2 Å². The summed E-state index contributed by atoms with van der Waals surface area (Å²) in [6, 6.07) is 0. The maximum Gasteiger partial charge on any atom is 0.170 e. The molecule has 0 radical (unpaired) electrons. The number of aromatic hydroxyl groups is 2. The van der Waals surface area contributed by atoms with Crippen molar-refractivity contribution in [1.29, 1.82) is 0 Å². The Labute approximate surface area is 166 Å². The highest BCUT2D eigenvalue weighted by Gasteiger charge is 2.45. The lowest BCUT2D eigenvalue weighted by Gasteiger charge is -2.45. The molecular weight excluding hydrogens is 356 g/mol. The van der Waals surface area contributed by atoms with Crippen molar-refractivity contribution < 1.29 is 24.5 Å². The van der Waals surface area contributed by atoms with Crippen LogP contribution in [-0.4, -0.2) is 28.4 Å². The highest BCUT2D eigenvalue weighted by atomic mass is 16.5. The minimum Gasteiger partial charge on any atom is -0.507 e. The molecule has 1 aliphatic carbocycles. The summed E-state index contributed by atoms with van der Waals surface area (Å²) < 4.78 is 6.18. The smallest absolute Gasteiger partial charge is 0.170 e. The molecule has 0 fully saturated rings. The van der Waals surface area contributed by atoms with Crippen LogP contribution in [0.4, 0.5) is 0 Å². The van der Waals surface area contributed by atoms with Gasteiger partial charge in [0.25, 0.3) is 0 Å². The Morgan fingerprint density at radius 1 is 1.29 bits per heavy atom. The van der Waals surface area contributed by atoms with Crippen LogP contribution in [0.25, 0.3) is 0 Å². The van der Waals surface area contributed by atoms with Crippen LogP contribution in [0.2, 0.25) is 0 Å². The third-order valence-electron chi connectivity index (χ3n) is 6.13. The molecule has 0 unspecified atom stereocenters. The molecule has 0 saturated heterocycles. The van der Waals surface area contributed by atoms with Gasteiger partial charge in [-0.3, -0.25) is 9.59 Å². The van der Waals surface area contributed by atoms with Gasteiger partial charge >= 0.3 is 0 Å². The molecule has 0 saturated carbocycles. The van der Waals surface area contributed by atoms with Gasteiger partial charge < -0.3 is 14.9 Å². The maximum absolute atomic E-state index is 12.6. The number of ether oxygens (including phenoxy) is 1. The second-order valence-corrected chi connectivity index (χ2v) is 9.20. The summed E-state index contributed by atoms with van der Waals surface area (Å²) >= 11 is 0. The molecule has 1 heterocycles. The van der Waals surface area contributed by atoms with E-state index >= 15 is 0 Å². The minimum atomic E-state index is -0.482. The molecule has 2 aliphatic rings. The Morgan fingerprint density at radius 2 is 1.96 bits per heavy atom. The van der Waals surface area contributed by atoms with Gasteiger partial charge in [-0.1, -0.05) is 40.2 Å². The van der Waals surface area contributed by atoms with Gasteiger partial charge in [0.2, 0.25) is 0 Å². The first-order valence-electron chi connectivity index (χ1n) is 10.1.